The Balaban J connectivity index is 2.18. The van der Waals surface area contributed by atoms with E-state index in [1.807, 2.05) is 31.2 Å². The number of methoxy groups -OCH3 is 1. The normalized spacial score (nSPS) is 11.5. The molecule has 0 radical (unpaired) electrons. The van der Waals surface area contributed by atoms with Gasteiger partial charge in [-0.2, -0.15) is 0 Å². The molecule has 0 aromatic heterocycles. The van der Waals surface area contributed by atoms with Crippen molar-refractivity contribution in [2.45, 2.75) is 45.7 Å². The number of hydrogen-bond acceptors (Lipinski definition) is 4. The van der Waals surface area contributed by atoms with Gasteiger partial charge in [-0.1, -0.05) is 44.0 Å². The fraction of sp³-hybridized carbons (Fsp3) is 0.417. The van der Waals surface area contributed by atoms with E-state index in [9.17, 15) is 9.59 Å². The Kier molecular flexibility index (Phi) is 10.2. The molecular formula is C24H31ClN2O4. The smallest absolute Gasteiger partial charge is 0.261 e. The van der Waals surface area contributed by atoms with Crippen LogP contribution in [-0.2, 0) is 16.1 Å². The molecule has 0 aliphatic carbocycles. The summed E-state index contributed by atoms with van der Waals surface area (Å²) in [6.45, 7) is 4.66. The third kappa shape index (κ3) is 7.79. The summed E-state index contributed by atoms with van der Waals surface area (Å²) in [5.41, 5.74) is 0.874. The lowest BCUT2D eigenvalue weighted by molar-refractivity contribution is -0.143. The van der Waals surface area contributed by atoms with Gasteiger partial charge in [0, 0.05) is 18.1 Å². The second kappa shape index (κ2) is 12.8. The van der Waals surface area contributed by atoms with E-state index in [0.717, 1.165) is 18.4 Å². The van der Waals surface area contributed by atoms with Crippen molar-refractivity contribution in [3.05, 3.63) is 59.1 Å². The first-order valence-corrected chi connectivity index (χ1v) is 10.9. The van der Waals surface area contributed by atoms with Gasteiger partial charge in [0.05, 0.1) is 7.11 Å². The highest BCUT2D eigenvalue weighted by Crippen LogP contribution is 2.19. The highest BCUT2D eigenvalue weighted by atomic mass is 35.5. The number of ether oxygens (including phenoxy) is 2. The quantitative estimate of drug-likeness (QED) is 0.489. The summed E-state index contributed by atoms with van der Waals surface area (Å²) in [5.74, 6) is 0.816. The number of halogens is 1. The molecule has 0 aliphatic heterocycles. The molecule has 2 amide bonds. The van der Waals surface area contributed by atoms with Crippen LogP contribution in [0.1, 0.15) is 38.7 Å². The predicted molar refractivity (Wildman–Crippen MR) is 122 cm³/mol. The molecule has 2 aromatic carbocycles. The Morgan fingerprint density at radius 1 is 1.10 bits per heavy atom. The van der Waals surface area contributed by atoms with Crippen LogP contribution >= 0.6 is 11.6 Å². The van der Waals surface area contributed by atoms with Crippen molar-refractivity contribution in [3.8, 4) is 11.5 Å². The lowest BCUT2D eigenvalue weighted by Crippen LogP contribution is -2.50. The van der Waals surface area contributed by atoms with Crippen molar-refractivity contribution in [1.29, 1.82) is 0 Å². The topological polar surface area (TPSA) is 67.9 Å². The van der Waals surface area contributed by atoms with Crippen LogP contribution in [0.2, 0.25) is 5.02 Å². The fourth-order valence-electron chi connectivity index (χ4n) is 3.15. The first-order chi connectivity index (χ1) is 15.0. The zero-order chi connectivity index (χ0) is 22.6. The van der Waals surface area contributed by atoms with Crippen LogP contribution in [0.25, 0.3) is 0 Å². The summed E-state index contributed by atoms with van der Waals surface area (Å²) in [6, 6.07) is 13.7. The average Bonchev–Trinajstić information content (AvgIpc) is 2.78. The van der Waals surface area contributed by atoms with Crippen molar-refractivity contribution >= 4 is 23.4 Å². The van der Waals surface area contributed by atoms with Crippen LogP contribution in [0.15, 0.2) is 48.5 Å². The number of amides is 2. The van der Waals surface area contributed by atoms with Crippen molar-refractivity contribution in [1.82, 2.24) is 10.2 Å². The number of nitrogens with one attached hydrogen (secondary N) is 1. The molecule has 1 atom stereocenters. The molecule has 0 bridgehead atoms. The zero-order valence-electron chi connectivity index (χ0n) is 18.4. The van der Waals surface area contributed by atoms with Gasteiger partial charge < -0.3 is 19.7 Å². The first kappa shape index (κ1) is 24.5. The standard InChI is InChI=1S/C24H31ClN2O4/c1-4-6-14-26-24(29)22(5-2)27(16-18-8-7-9-21(15-18)30-3)23(28)17-31-20-12-10-19(25)11-13-20/h7-13,15,22H,4-6,14,16-17H2,1-3H3,(H,26,29). The molecule has 168 valence electrons. The van der Waals surface area contributed by atoms with Crippen LogP contribution in [0.4, 0.5) is 0 Å². The monoisotopic (exact) mass is 446 g/mol. The summed E-state index contributed by atoms with van der Waals surface area (Å²) in [4.78, 5) is 27.6. The third-order valence-electron chi connectivity index (χ3n) is 4.88. The SMILES string of the molecule is CCCCNC(=O)C(CC)N(Cc1cccc(OC)c1)C(=O)COc1ccc(Cl)cc1. The number of carbonyl (C=O) groups excluding carboxylic acids is 2. The molecule has 0 saturated heterocycles. The van der Waals surface area contributed by atoms with E-state index in [2.05, 4.69) is 12.2 Å². The largest absolute Gasteiger partial charge is 0.497 e. The van der Waals surface area contributed by atoms with Crippen molar-refractivity contribution in [2.24, 2.45) is 0 Å². The van der Waals surface area contributed by atoms with Crippen molar-refractivity contribution in [2.75, 3.05) is 20.3 Å². The van der Waals surface area contributed by atoms with Crippen LogP contribution < -0.4 is 14.8 Å². The second-order valence-electron chi connectivity index (χ2n) is 7.18. The van der Waals surface area contributed by atoms with E-state index in [1.54, 1.807) is 36.3 Å². The lowest BCUT2D eigenvalue weighted by Gasteiger charge is -2.30. The molecule has 1 N–H and O–H groups in total. The Morgan fingerprint density at radius 3 is 2.48 bits per heavy atom. The Hall–Kier alpha value is -2.73. The van der Waals surface area contributed by atoms with Gasteiger partial charge in [0.15, 0.2) is 6.61 Å². The molecule has 1 unspecified atom stereocenters. The van der Waals surface area contributed by atoms with Crippen LogP contribution in [0.5, 0.6) is 11.5 Å². The van der Waals surface area contributed by atoms with Crippen LogP contribution in [-0.4, -0.2) is 43.0 Å². The highest BCUT2D eigenvalue weighted by molar-refractivity contribution is 6.30. The van der Waals surface area contributed by atoms with Gasteiger partial charge in [-0.25, -0.2) is 0 Å². The minimum Gasteiger partial charge on any atom is -0.497 e. The summed E-state index contributed by atoms with van der Waals surface area (Å²) >= 11 is 5.90. The van der Waals surface area contributed by atoms with Crippen molar-refractivity contribution in [3.63, 3.8) is 0 Å². The minimum atomic E-state index is -0.593. The molecule has 0 heterocycles. The summed E-state index contributed by atoms with van der Waals surface area (Å²) in [7, 11) is 1.60. The molecule has 2 rings (SSSR count). The van der Waals surface area contributed by atoms with E-state index in [1.165, 1.54) is 0 Å². The fourth-order valence-corrected chi connectivity index (χ4v) is 3.28. The maximum absolute atomic E-state index is 13.1. The van der Waals surface area contributed by atoms with Gasteiger partial charge in [0.2, 0.25) is 5.91 Å². The molecule has 31 heavy (non-hydrogen) atoms. The molecule has 0 saturated carbocycles. The highest BCUT2D eigenvalue weighted by Gasteiger charge is 2.28. The molecule has 0 fully saturated rings. The summed E-state index contributed by atoms with van der Waals surface area (Å²) < 4.78 is 10.9. The molecule has 0 aliphatic rings. The molecular weight excluding hydrogens is 416 g/mol. The predicted octanol–water partition coefficient (Wildman–Crippen LogP) is 4.45. The van der Waals surface area contributed by atoms with E-state index in [4.69, 9.17) is 21.1 Å². The lowest BCUT2D eigenvalue weighted by atomic mass is 10.1. The molecule has 6 nitrogen and oxygen atoms in total. The maximum atomic E-state index is 13.1. The Labute approximate surface area is 189 Å². The zero-order valence-corrected chi connectivity index (χ0v) is 19.2. The van der Waals surface area contributed by atoms with Gasteiger partial charge in [-0.05, 0) is 54.8 Å². The van der Waals surface area contributed by atoms with Crippen LogP contribution in [0, 0.1) is 0 Å². The van der Waals surface area contributed by atoms with Gasteiger partial charge in [-0.3, -0.25) is 9.59 Å². The summed E-state index contributed by atoms with van der Waals surface area (Å²) in [6.07, 6.45) is 2.37. The Bertz CT molecular complexity index is 842. The molecule has 0 spiro atoms. The Morgan fingerprint density at radius 2 is 1.84 bits per heavy atom. The maximum Gasteiger partial charge on any atom is 0.261 e. The van der Waals surface area contributed by atoms with Gasteiger partial charge in [0.1, 0.15) is 17.5 Å². The first-order valence-electron chi connectivity index (χ1n) is 10.6. The van der Waals surface area contributed by atoms with E-state index >= 15 is 0 Å². The molecule has 7 heteroatoms. The van der Waals surface area contributed by atoms with Crippen molar-refractivity contribution < 1.29 is 19.1 Å². The number of hydrogen-bond donors (Lipinski definition) is 1. The van der Waals surface area contributed by atoms with E-state index in [0.29, 0.717) is 29.5 Å². The van der Waals surface area contributed by atoms with E-state index in [-0.39, 0.29) is 25.0 Å². The second-order valence-corrected chi connectivity index (χ2v) is 7.62. The average molecular weight is 447 g/mol. The van der Waals surface area contributed by atoms with Gasteiger partial charge in [0.25, 0.3) is 5.91 Å². The third-order valence-corrected chi connectivity index (χ3v) is 5.13. The number of carbonyl (C=O) groups is 2. The van der Waals surface area contributed by atoms with E-state index < -0.39 is 6.04 Å². The van der Waals surface area contributed by atoms with Gasteiger partial charge >= 0.3 is 0 Å². The minimum absolute atomic E-state index is 0.154. The number of unbranched alkanes of at least 4 members (excludes halogenated alkanes) is 1. The van der Waals surface area contributed by atoms with Crippen LogP contribution in [0.3, 0.4) is 0 Å². The van der Waals surface area contributed by atoms with Gasteiger partial charge in [-0.15, -0.1) is 0 Å². The molecule has 2 aromatic rings. The number of benzene rings is 2. The summed E-state index contributed by atoms with van der Waals surface area (Å²) in [5, 5.41) is 3.54. The number of rotatable bonds is 12. The number of nitrogens with zero attached hydrogens (tertiary/aromatic N) is 1.